The predicted octanol–water partition coefficient (Wildman–Crippen LogP) is 2.94. The summed E-state index contributed by atoms with van der Waals surface area (Å²) < 4.78 is 0. The van der Waals surface area contributed by atoms with Crippen LogP contribution in [0.3, 0.4) is 0 Å². The van der Waals surface area contributed by atoms with Crippen LogP contribution < -0.4 is 0 Å². The van der Waals surface area contributed by atoms with Gasteiger partial charge < -0.3 is 9.90 Å². The lowest BCUT2D eigenvalue weighted by Gasteiger charge is -2.23. The Hall–Kier alpha value is -1.15. The summed E-state index contributed by atoms with van der Waals surface area (Å²) in [7, 11) is 0. The van der Waals surface area contributed by atoms with Crippen molar-refractivity contribution in [1.82, 2.24) is 0 Å². The summed E-state index contributed by atoms with van der Waals surface area (Å²) in [5.41, 5.74) is 2.18. The topological polar surface area (TPSA) is 37.3 Å². The number of rotatable bonds is 1. The molecule has 0 aromatic carbocycles. The van der Waals surface area contributed by atoms with Crippen molar-refractivity contribution in [2.45, 2.75) is 44.6 Å². The van der Waals surface area contributed by atoms with Gasteiger partial charge in [0.1, 0.15) is 6.79 Å². The number of hydrogen-bond donors (Lipinski definition) is 1. The first kappa shape index (κ1) is 12.9. The molecule has 0 bridgehead atoms. The van der Waals surface area contributed by atoms with Crippen LogP contribution in [-0.4, -0.2) is 17.5 Å². The SMILES string of the molecule is C=O.CC1(O)C=CC(C2=CCCCC2)=CC1. The summed E-state index contributed by atoms with van der Waals surface area (Å²) in [5, 5.41) is 9.74. The zero-order valence-electron chi connectivity index (χ0n) is 9.91. The molecule has 1 atom stereocenters. The van der Waals surface area contributed by atoms with Gasteiger partial charge in [-0.1, -0.05) is 24.3 Å². The molecule has 0 amide bonds. The minimum Gasteiger partial charge on any atom is -0.386 e. The molecule has 0 aromatic rings. The van der Waals surface area contributed by atoms with Crippen LogP contribution in [0.15, 0.2) is 35.5 Å². The van der Waals surface area contributed by atoms with Gasteiger partial charge >= 0.3 is 0 Å². The third kappa shape index (κ3) is 3.46. The standard InChI is InChI=1S/C13H18O.CH2O/c1-13(14)9-7-12(8-10-13)11-5-3-2-4-6-11;1-2/h5,7-9,14H,2-4,6,10H2,1H3;1H2. The van der Waals surface area contributed by atoms with E-state index in [0.29, 0.717) is 0 Å². The Balaban J connectivity index is 0.000000606. The van der Waals surface area contributed by atoms with Crippen LogP contribution >= 0.6 is 0 Å². The first-order valence-electron chi connectivity index (χ1n) is 5.77. The zero-order chi connectivity index (χ0) is 12.0. The third-order valence-corrected chi connectivity index (χ3v) is 3.02. The van der Waals surface area contributed by atoms with E-state index in [1.165, 1.54) is 36.8 Å². The number of hydrogen-bond acceptors (Lipinski definition) is 2. The minimum atomic E-state index is -0.626. The summed E-state index contributed by atoms with van der Waals surface area (Å²) in [4.78, 5) is 8.00. The Morgan fingerprint density at radius 1 is 1.31 bits per heavy atom. The number of carbonyl (C=O) groups is 1. The maximum absolute atomic E-state index is 9.74. The van der Waals surface area contributed by atoms with Gasteiger partial charge in [0.2, 0.25) is 0 Å². The number of carbonyl (C=O) groups excluding carboxylic acids is 1. The lowest BCUT2D eigenvalue weighted by atomic mass is 9.87. The average molecular weight is 220 g/mol. The van der Waals surface area contributed by atoms with Crippen molar-refractivity contribution in [2.75, 3.05) is 0 Å². The van der Waals surface area contributed by atoms with Gasteiger partial charge in [-0.3, -0.25) is 0 Å². The molecular formula is C14H20O2. The molecule has 2 heteroatoms. The molecule has 16 heavy (non-hydrogen) atoms. The highest BCUT2D eigenvalue weighted by molar-refractivity contribution is 5.43. The molecule has 0 saturated carbocycles. The molecule has 88 valence electrons. The Morgan fingerprint density at radius 3 is 2.56 bits per heavy atom. The van der Waals surface area contributed by atoms with Crippen molar-refractivity contribution in [1.29, 1.82) is 0 Å². The van der Waals surface area contributed by atoms with E-state index in [2.05, 4.69) is 18.2 Å². The fourth-order valence-electron chi connectivity index (χ4n) is 2.06. The van der Waals surface area contributed by atoms with Gasteiger partial charge in [0.25, 0.3) is 0 Å². The monoisotopic (exact) mass is 220 g/mol. The van der Waals surface area contributed by atoms with E-state index in [1.54, 1.807) is 0 Å². The van der Waals surface area contributed by atoms with Crippen LogP contribution in [0, 0.1) is 0 Å². The molecule has 1 N–H and O–H groups in total. The van der Waals surface area contributed by atoms with E-state index in [9.17, 15) is 5.11 Å². The maximum atomic E-state index is 9.74. The van der Waals surface area contributed by atoms with Crippen LogP contribution in [0.2, 0.25) is 0 Å². The number of allylic oxidation sites excluding steroid dienone is 4. The molecular weight excluding hydrogens is 200 g/mol. The van der Waals surface area contributed by atoms with Crippen LogP contribution in [-0.2, 0) is 4.79 Å². The van der Waals surface area contributed by atoms with E-state index in [-0.39, 0.29) is 0 Å². The fraction of sp³-hybridized carbons (Fsp3) is 0.500. The van der Waals surface area contributed by atoms with Gasteiger partial charge in [-0.05, 0) is 50.2 Å². The number of aliphatic hydroxyl groups is 1. The van der Waals surface area contributed by atoms with E-state index >= 15 is 0 Å². The normalized spacial score (nSPS) is 28.6. The summed E-state index contributed by atoms with van der Waals surface area (Å²) >= 11 is 0. The van der Waals surface area contributed by atoms with Gasteiger partial charge in [-0.25, -0.2) is 0 Å². The molecule has 2 nitrogen and oxygen atoms in total. The maximum Gasteiger partial charge on any atom is 0.106 e. The van der Waals surface area contributed by atoms with Crippen molar-refractivity contribution in [3.05, 3.63) is 35.5 Å². The fourth-order valence-corrected chi connectivity index (χ4v) is 2.06. The lowest BCUT2D eigenvalue weighted by molar-refractivity contribution is -0.0979. The average Bonchev–Trinajstić information content (AvgIpc) is 2.33. The van der Waals surface area contributed by atoms with Crippen molar-refractivity contribution in [3.63, 3.8) is 0 Å². The van der Waals surface area contributed by atoms with E-state index in [1.807, 2.05) is 19.8 Å². The smallest absolute Gasteiger partial charge is 0.106 e. The molecule has 0 aromatic heterocycles. The highest BCUT2D eigenvalue weighted by atomic mass is 16.3. The molecule has 2 rings (SSSR count). The van der Waals surface area contributed by atoms with E-state index in [0.717, 1.165) is 6.42 Å². The Kier molecular flexibility index (Phi) is 4.69. The first-order chi connectivity index (χ1) is 7.67. The highest BCUT2D eigenvalue weighted by Crippen LogP contribution is 2.29. The van der Waals surface area contributed by atoms with Gasteiger partial charge in [0.05, 0.1) is 5.60 Å². The summed E-state index contributed by atoms with van der Waals surface area (Å²) in [5.74, 6) is 0. The van der Waals surface area contributed by atoms with Gasteiger partial charge in [-0.2, -0.15) is 0 Å². The quantitative estimate of drug-likeness (QED) is 0.737. The van der Waals surface area contributed by atoms with E-state index in [4.69, 9.17) is 4.79 Å². The van der Waals surface area contributed by atoms with Gasteiger partial charge in [0, 0.05) is 0 Å². The Bertz CT molecular complexity index is 322. The van der Waals surface area contributed by atoms with Crippen molar-refractivity contribution in [2.24, 2.45) is 0 Å². The van der Waals surface area contributed by atoms with Crippen molar-refractivity contribution >= 4 is 6.79 Å². The lowest BCUT2D eigenvalue weighted by Crippen LogP contribution is -2.21. The molecule has 0 radical (unpaired) electrons. The van der Waals surface area contributed by atoms with E-state index < -0.39 is 5.60 Å². The third-order valence-electron chi connectivity index (χ3n) is 3.02. The molecule has 0 spiro atoms. The molecule has 2 aliphatic rings. The second-order valence-electron chi connectivity index (χ2n) is 4.53. The van der Waals surface area contributed by atoms with Crippen LogP contribution in [0.25, 0.3) is 0 Å². The summed E-state index contributed by atoms with van der Waals surface area (Å²) in [6, 6.07) is 0. The first-order valence-corrected chi connectivity index (χ1v) is 5.77. The molecule has 2 aliphatic carbocycles. The Morgan fingerprint density at radius 2 is 2.06 bits per heavy atom. The predicted molar refractivity (Wildman–Crippen MR) is 66.1 cm³/mol. The van der Waals surface area contributed by atoms with Crippen molar-refractivity contribution < 1.29 is 9.90 Å². The highest BCUT2D eigenvalue weighted by Gasteiger charge is 2.19. The molecule has 0 saturated heterocycles. The molecule has 0 heterocycles. The second-order valence-corrected chi connectivity index (χ2v) is 4.53. The van der Waals surface area contributed by atoms with Crippen molar-refractivity contribution in [3.8, 4) is 0 Å². The van der Waals surface area contributed by atoms with Crippen LogP contribution in [0.1, 0.15) is 39.0 Å². The molecule has 0 aliphatic heterocycles. The molecule has 0 fully saturated rings. The largest absolute Gasteiger partial charge is 0.386 e. The minimum absolute atomic E-state index is 0.626. The van der Waals surface area contributed by atoms with Crippen LogP contribution in [0.5, 0.6) is 0 Å². The zero-order valence-corrected chi connectivity index (χ0v) is 9.91. The summed E-state index contributed by atoms with van der Waals surface area (Å²) in [6.45, 7) is 3.85. The Labute approximate surface area is 97.4 Å². The summed E-state index contributed by atoms with van der Waals surface area (Å²) in [6.07, 6.45) is 14.3. The van der Waals surface area contributed by atoms with Gasteiger partial charge in [0.15, 0.2) is 0 Å². The van der Waals surface area contributed by atoms with Gasteiger partial charge in [-0.15, -0.1) is 0 Å². The second kappa shape index (κ2) is 5.80. The molecule has 1 unspecified atom stereocenters. The van der Waals surface area contributed by atoms with Crippen LogP contribution in [0.4, 0.5) is 0 Å².